The number of rotatable bonds is 4. The van der Waals surface area contributed by atoms with Gasteiger partial charge in [-0.15, -0.1) is 11.3 Å². The maximum atomic E-state index is 5.95. The molecule has 0 radical (unpaired) electrons. The molecule has 0 fully saturated rings. The number of fused-ring (bicyclic) bond motifs is 1. The van der Waals surface area contributed by atoms with Gasteiger partial charge >= 0.3 is 0 Å². The van der Waals surface area contributed by atoms with E-state index in [9.17, 15) is 0 Å². The predicted octanol–water partition coefficient (Wildman–Crippen LogP) is 3.50. The number of pyridine rings is 1. The van der Waals surface area contributed by atoms with E-state index in [4.69, 9.17) is 10.5 Å². The molecule has 3 aromatic rings. The zero-order chi connectivity index (χ0) is 13.1. The predicted molar refractivity (Wildman–Crippen MR) is 79.7 cm³/mol. The van der Waals surface area contributed by atoms with Crippen LogP contribution in [0.15, 0.2) is 48.1 Å². The first-order valence-corrected chi connectivity index (χ1v) is 7.00. The summed E-state index contributed by atoms with van der Waals surface area (Å²) in [6.07, 6.45) is 4.46. The summed E-state index contributed by atoms with van der Waals surface area (Å²) in [5.74, 6) is 0.842. The Morgan fingerprint density at radius 3 is 2.95 bits per heavy atom. The number of hydrogen-bond donors (Lipinski definition) is 1. The molecule has 0 spiro atoms. The second-order valence-corrected chi connectivity index (χ2v) is 5.28. The van der Waals surface area contributed by atoms with Crippen molar-refractivity contribution < 1.29 is 4.74 Å². The molecule has 4 heteroatoms. The third-order valence-electron chi connectivity index (χ3n) is 3.00. The normalized spacial score (nSPS) is 10.7. The molecule has 0 aliphatic heterocycles. The molecule has 0 aliphatic rings. The number of aromatic nitrogens is 1. The lowest BCUT2D eigenvalue weighted by Crippen LogP contribution is -2.01. The highest BCUT2D eigenvalue weighted by atomic mass is 32.1. The standard InChI is InChI=1S/C15H14N2OS/c16-14-3-4-15(13-10-17-7-5-12(13)14)18-8-6-11-2-1-9-19-11/h1-5,7,9-10H,6,8,16H2. The van der Waals surface area contributed by atoms with Crippen LogP contribution in [0.1, 0.15) is 4.88 Å². The summed E-state index contributed by atoms with van der Waals surface area (Å²) in [6.45, 7) is 0.661. The third-order valence-corrected chi connectivity index (χ3v) is 3.93. The fourth-order valence-corrected chi connectivity index (χ4v) is 2.72. The van der Waals surface area contributed by atoms with Gasteiger partial charge in [-0.25, -0.2) is 0 Å². The molecule has 2 heterocycles. The number of anilines is 1. The van der Waals surface area contributed by atoms with Crippen molar-refractivity contribution in [3.05, 3.63) is 53.0 Å². The number of nitrogens with two attached hydrogens (primary N) is 1. The molecule has 0 unspecified atom stereocenters. The average Bonchev–Trinajstić information content (AvgIpc) is 2.95. The van der Waals surface area contributed by atoms with Crippen LogP contribution in [0.4, 0.5) is 5.69 Å². The van der Waals surface area contributed by atoms with Crippen molar-refractivity contribution in [2.24, 2.45) is 0 Å². The molecule has 0 atom stereocenters. The Morgan fingerprint density at radius 2 is 2.11 bits per heavy atom. The Balaban J connectivity index is 1.79. The van der Waals surface area contributed by atoms with Crippen LogP contribution in [0, 0.1) is 0 Å². The zero-order valence-electron chi connectivity index (χ0n) is 10.4. The summed E-state index contributed by atoms with van der Waals surface area (Å²) in [6, 6.07) is 9.88. The average molecular weight is 270 g/mol. The summed E-state index contributed by atoms with van der Waals surface area (Å²) in [5.41, 5.74) is 6.70. The van der Waals surface area contributed by atoms with Gasteiger partial charge in [0, 0.05) is 40.2 Å². The van der Waals surface area contributed by atoms with Crippen molar-refractivity contribution in [3.8, 4) is 5.75 Å². The highest BCUT2D eigenvalue weighted by Crippen LogP contribution is 2.29. The zero-order valence-corrected chi connectivity index (χ0v) is 11.2. The van der Waals surface area contributed by atoms with Gasteiger partial charge in [-0.1, -0.05) is 6.07 Å². The second kappa shape index (κ2) is 5.28. The van der Waals surface area contributed by atoms with Crippen molar-refractivity contribution in [1.82, 2.24) is 4.98 Å². The highest BCUT2D eigenvalue weighted by Gasteiger charge is 2.05. The van der Waals surface area contributed by atoms with Crippen LogP contribution < -0.4 is 10.5 Å². The number of thiophene rings is 1. The van der Waals surface area contributed by atoms with E-state index in [2.05, 4.69) is 22.5 Å². The summed E-state index contributed by atoms with van der Waals surface area (Å²) in [7, 11) is 0. The van der Waals surface area contributed by atoms with Gasteiger partial charge in [-0.3, -0.25) is 4.98 Å². The van der Waals surface area contributed by atoms with Crippen LogP contribution in [0.5, 0.6) is 5.75 Å². The largest absolute Gasteiger partial charge is 0.493 e. The first-order valence-electron chi connectivity index (χ1n) is 6.12. The van der Waals surface area contributed by atoms with Gasteiger partial charge < -0.3 is 10.5 Å². The lowest BCUT2D eigenvalue weighted by molar-refractivity contribution is 0.327. The number of nitrogens with zero attached hydrogens (tertiary/aromatic N) is 1. The van der Waals surface area contributed by atoms with Gasteiger partial charge in [0.05, 0.1) is 6.61 Å². The Kier molecular flexibility index (Phi) is 3.33. The van der Waals surface area contributed by atoms with E-state index >= 15 is 0 Å². The highest BCUT2D eigenvalue weighted by molar-refractivity contribution is 7.09. The SMILES string of the molecule is Nc1ccc(OCCc2cccs2)c2cnccc12. The van der Waals surface area contributed by atoms with Crippen molar-refractivity contribution >= 4 is 27.8 Å². The summed E-state index contributed by atoms with van der Waals surface area (Å²) < 4.78 is 5.86. The van der Waals surface area contributed by atoms with Gasteiger partial charge in [-0.2, -0.15) is 0 Å². The van der Waals surface area contributed by atoms with Crippen LogP contribution in [0.2, 0.25) is 0 Å². The molecule has 1 aromatic carbocycles. The lowest BCUT2D eigenvalue weighted by atomic mass is 10.1. The molecule has 0 aliphatic carbocycles. The fourth-order valence-electron chi connectivity index (χ4n) is 2.03. The molecule has 3 rings (SSSR count). The van der Waals surface area contributed by atoms with E-state index in [0.29, 0.717) is 6.61 Å². The Hall–Kier alpha value is -2.07. The van der Waals surface area contributed by atoms with E-state index in [1.54, 1.807) is 23.7 Å². The van der Waals surface area contributed by atoms with E-state index in [1.165, 1.54) is 4.88 Å². The molecule has 96 valence electrons. The van der Waals surface area contributed by atoms with Crippen LogP contribution >= 0.6 is 11.3 Å². The van der Waals surface area contributed by atoms with E-state index < -0.39 is 0 Å². The van der Waals surface area contributed by atoms with Gasteiger partial charge in [0.2, 0.25) is 0 Å². The minimum absolute atomic E-state index is 0.661. The maximum Gasteiger partial charge on any atom is 0.128 e. The lowest BCUT2D eigenvalue weighted by Gasteiger charge is -2.10. The molecular weight excluding hydrogens is 256 g/mol. The third kappa shape index (κ3) is 2.53. The van der Waals surface area contributed by atoms with Gasteiger partial charge in [0.15, 0.2) is 0 Å². The Bertz CT molecular complexity index is 680. The van der Waals surface area contributed by atoms with Crippen LogP contribution in [-0.2, 0) is 6.42 Å². The Labute approximate surface area is 115 Å². The number of ether oxygens (including phenoxy) is 1. The van der Waals surface area contributed by atoms with Gasteiger partial charge in [0.25, 0.3) is 0 Å². The smallest absolute Gasteiger partial charge is 0.128 e. The first-order chi connectivity index (χ1) is 9.34. The topological polar surface area (TPSA) is 48.1 Å². The van der Waals surface area contributed by atoms with Crippen LogP contribution in [0.25, 0.3) is 10.8 Å². The number of benzene rings is 1. The van der Waals surface area contributed by atoms with Crippen molar-refractivity contribution in [3.63, 3.8) is 0 Å². The Morgan fingerprint density at radius 1 is 1.16 bits per heavy atom. The summed E-state index contributed by atoms with van der Waals surface area (Å²) >= 11 is 1.75. The minimum Gasteiger partial charge on any atom is -0.493 e. The van der Waals surface area contributed by atoms with Gasteiger partial charge in [-0.05, 0) is 29.6 Å². The monoisotopic (exact) mass is 270 g/mol. The van der Waals surface area contributed by atoms with Gasteiger partial charge in [0.1, 0.15) is 5.75 Å². The van der Waals surface area contributed by atoms with E-state index in [-0.39, 0.29) is 0 Å². The molecule has 0 amide bonds. The molecular formula is C15H14N2OS. The van der Waals surface area contributed by atoms with Crippen molar-refractivity contribution in [2.45, 2.75) is 6.42 Å². The molecule has 2 aromatic heterocycles. The first kappa shape index (κ1) is 12.0. The van der Waals surface area contributed by atoms with E-state index in [0.717, 1.165) is 28.6 Å². The molecule has 19 heavy (non-hydrogen) atoms. The second-order valence-electron chi connectivity index (χ2n) is 4.25. The molecule has 0 bridgehead atoms. The fraction of sp³-hybridized carbons (Fsp3) is 0.133. The quantitative estimate of drug-likeness (QED) is 0.738. The molecule has 2 N–H and O–H groups in total. The minimum atomic E-state index is 0.661. The molecule has 0 saturated carbocycles. The van der Waals surface area contributed by atoms with Crippen LogP contribution in [0.3, 0.4) is 0 Å². The maximum absolute atomic E-state index is 5.95. The molecule has 3 nitrogen and oxygen atoms in total. The van der Waals surface area contributed by atoms with Crippen molar-refractivity contribution in [2.75, 3.05) is 12.3 Å². The van der Waals surface area contributed by atoms with Crippen LogP contribution in [-0.4, -0.2) is 11.6 Å². The number of hydrogen-bond acceptors (Lipinski definition) is 4. The van der Waals surface area contributed by atoms with Crippen molar-refractivity contribution in [1.29, 1.82) is 0 Å². The summed E-state index contributed by atoms with van der Waals surface area (Å²) in [5, 5.41) is 4.04. The molecule has 0 saturated heterocycles. The van der Waals surface area contributed by atoms with E-state index in [1.807, 2.05) is 18.2 Å². The number of nitrogen functional groups attached to an aromatic ring is 1. The summed E-state index contributed by atoms with van der Waals surface area (Å²) in [4.78, 5) is 5.47.